The van der Waals surface area contributed by atoms with E-state index in [2.05, 4.69) is 20.3 Å². The molecule has 1 amide bonds. The first-order chi connectivity index (χ1) is 9.65. The number of rotatable bonds is 2. The van der Waals surface area contributed by atoms with Gasteiger partial charge in [-0.2, -0.15) is 0 Å². The minimum absolute atomic E-state index is 0.266. The van der Waals surface area contributed by atoms with Gasteiger partial charge in [-0.25, -0.2) is 15.0 Å². The van der Waals surface area contributed by atoms with E-state index >= 15 is 0 Å². The summed E-state index contributed by atoms with van der Waals surface area (Å²) in [5.41, 5.74) is 2.04. The van der Waals surface area contributed by atoms with Gasteiger partial charge in [0.25, 0.3) is 5.91 Å². The van der Waals surface area contributed by atoms with Crippen molar-refractivity contribution in [1.29, 1.82) is 0 Å². The Morgan fingerprint density at radius 3 is 2.75 bits per heavy atom. The standard InChI is InChI=1S/C14H12N4OS/c1-8-9(2)20-14(17-8)18-13(19)12-10-5-3-4-6-11(10)15-7-16-12/h3-7H,1-2H3,(H,17,18,19). The van der Waals surface area contributed by atoms with E-state index in [-0.39, 0.29) is 5.91 Å². The molecule has 2 aromatic heterocycles. The third-order valence-corrected chi connectivity index (χ3v) is 4.00. The summed E-state index contributed by atoms with van der Waals surface area (Å²) in [5.74, 6) is -0.266. The quantitative estimate of drug-likeness (QED) is 0.785. The molecule has 0 unspecified atom stereocenters. The molecule has 0 fully saturated rings. The summed E-state index contributed by atoms with van der Waals surface area (Å²) in [6.07, 6.45) is 1.40. The summed E-state index contributed by atoms with van der Waals surface area (Å²) in [6, 6.07) is 7.43. The molecule has 1 N–H and O–H groups in total. The first-order valence-electron chi connectivity index (χ1n) is 6.10. The number of para-hydroxylation sites is 1. The van der Waals surface area contributed by atoms with Crippen molar-refractivity contribution < 1.29 is 4.79 Å². The zero-order valence-electron chi connectivity index (χ0n) is 11.0. The number of hydrogen-bond acceptors (Lipinski definition) is 5. The topological polar surface area (TPSA) is 67.8 Å². The summed E-state index contributed by atoms with van der Waals surface area (Å²) >= 11 is 1.46. The second kappa shape index (κ2) is 4.97. The molecule has 0 radical (unpaired) electrons. The van der Waals surface area contributed by atoms with Crippen molar-refractivity contribution in [2.45, 2.75) is 13.8 Å². The lowest BCUT2D eigenvalue weighted by atomic mass is 10.2. The number of fused-ring (bicyclic) bond motifs is 1. The van der Waals surface area contributed by atoms with Crippen molar-refractivity contribution >= 4 is 33.3 Å². The maximum absolute atomic E-state index is 12.3. The number of carbonyl (C=O) groups is 1. The van der Waals surface area contributed by atoms with E-state index in [0.717, 1.165) is 21.5 Å². The molecule has 0 bridgehead atoms. The Balaban J connectivity index is 1.96. The van der Waals surface area contributed by atoms with Crippen LogP contribution in [0.1, 0.15) is 21.1 Å². The first-order valence-corrected chi connectivity index (χ1v) is 6.92. The highest BCUT2D eigenvalue weighted by molar-refractivity contribution is 7.15. The van der Waals surface area contributed by atoms with Gasteiger partial charge in [0.15, 0.2) is 5.13 Å². The Morgan fingerprint density at radius 2 is 2.00 bits per heavy atom. The Bertz CT molecular complexity index is 772. The lowest BCUT2D eigenvalue weighted by Crippen LogP contribution is -2.14. The van der Waals surface area contributed by atoms with E-state index in [1.807, 2.05) is 38.1 Å². The molecule has 100 valence electrons. The van der Waals surface area contributed by atoms with Crippen LogP contribution >= 0.6 is 11.3 Å². The van der Waals surface area contributed by atoms with Crippen LogP contribution in [0.3, 0.4) is 0 Å². The molecule has 3 aromatic rings. The van der Waals surface area contributed by atoms with Crippen molar-refractivity contribution in [3.8, 4) is 0 Å². The second-order valence-electron chi connectivity index (χ2n) is 4.35. The lowest BCUT2D eigenvalue weighted by Gasteiger charge is -2.04. The SMILES string of the molecule is Cc1nc(NC(=O)c2ncnc3ccccc23)sc1C. The van der Waals surface area contributed by atoms with Gasteiger partial charge in [-0.1, -0.05) is 18.2 Å². The van der Waals surface area contributed by atoms with Crippen molar-refractivity contribution in [3.63, 3.8) is 0 Å². The van der Waals surface area contributed by atoms with Gasteiger partial charge in [0.1, 0.15) is 12.0 Å². The third-order valence-electron chi connectivity index (χ3n) is 3.01. The largest absolute Gasteiger partial charge is 0.296 e. The van der Waals surface area contributed by atoms with Gasteiger partial charge >= 0.3 is 0 Å². The number of benzene rings is 1. The molecule has 1 aromatic carbocycles. The number of nitrogens with zero attached hydrogens (tertiary/aromatic N) is 3. The molecule has 3 rings (SSSR count). The number of thiazole rings is 1. The van der Waals surface area contributed by atoms with Crippen LogP contribution in [0.25, 0.3) is 10.9 Å². The number of nitrogens with one attached hydrogen (secondary N) is 1. The minimum Gasteiger partial charge on any atom is -0.296 e. The van der Waals surface area contributed by atoms with Gasteiger partial charge in [0, 0.05) is 10.3 Å². The summed E-state index contributed by atoms with van der Waals surface area (Å²) in [7, 11) is 0. The minimum atomic E-state index is -0.266. The fourth-order valence-electron chi connectivity index (χ4n) is 1.87. The predicted octanol–water partition coefficient (Wildman–Crippen LogP) is 2.96. The van der Waals surface area contributed by atoms with E-state index in [9.17, 15) is 4.79 Å². The Morgan fingerprint density at radius 1 is 1.20 bits per heavy atom. The van der Waals surface area contributed by atoms with Crippen LogP contribution in [0.5, 0.6) is 0 Å². The van der Waals surface area contributed by atoms with Gasteiger partial charge in [0.05, 0.1) is 11.2 Å². The van der Waals surface area contributed by atoms with Crippen LogP contribution in [-0.2, 0) is 0 Å². The van der Waals surface area contributed by atoms with E-state index in [0.29, 0.717) is 10.8 Å². The Kier molecular flexibility index (Phi) is 3.15. The van der Waals surface area contributed by atoms with Crippen molar-refractivity contribution in [2.75, 3.05) is 5.32 Å². The summed E-state index contributed by atoms with van der Waals surface area (Å²) < 4.78 is 0. The Labute approximate surface area is 119 Å². The molecule has 2 heterocycles. The molecule has 0 atom stereocenters. The van der Waals surface area contributed by atoms with E-state index in [1.54, 1.807) is 0 Å². The van der Waals surface area contributed by atoms with Crippen LogP contribution < -0.4 is 5.32 Å². The smallest absolute Gasteiger partial charge is 0.276 e. The molecule has 20 heavy (non-hydrogen) atoms. The van der Waals surface area contributed by atoms with Gasteiger partial charge < -0.3 is 0 Å². The molecule has 0 saturated carbocycles. The zero-order valence-corrected chi connectivity index (χ0v) is 11.9. The van der Waals surface area contributed by atoms with Gasteiger partial charge in [-0.05, 0) is 19.9 Å². The summed E-state index contributed by atoms with van der Waals surface area (Å²) in [4.78, 5) is 25.9. The number of hydrogen-bond donors (Lipinski definition) is 1. The first kappa shape index (κ1) is 12.7. The number of anilines is 1. The fourth-order valence-corrected chi connectivity index (χ4v) is 2.68. The van der Waals surface area contributed by atoms with Crippen molar-refractivity contribution in [2.24, 2.45) is 0 Å². The van der Waals surface area contributed by atoms with Crippen molar-refractivity contribution in [1.82, 2.24) is 15.0 Å². The van der Waals surface area contributed by atoms with E-state index in [4.69, 9.17) is 0 Å². The number of aromatic nitrogens is 3. The lowest BCUT2D eigenvalue weighted by molar-refractivity contribution is 0.102. The molecule has 0 saturated heterocycles. The number of aryl methyl sites for hydroxylation is 2. The molecule has 5 nitrogen and oxygen atoms in total. The normalized spacial score (nSPS) is 10.7. The molecular formula is C14H12N4OS. The molecule has 0 aliphatic rings. The van der Waals surface area contributed by atoms with E-state index < -0.39 is 0 Å². The third kappa shape index (κ3) is 2.25. The van der Waals surface area contributed by atoms with Crippen LogP contribution in [0.2, 0.25) is 0 Å². The highest BCUT2D eigenvalue weighted by atomic mass is 32.1. The fraction of sp³-hybridized carbons (Fsp3) is 0.143. The molecular weight excluding hydrogens is 272 g/mol. The summed E-state index contributed by atoms with van der Waals surface area (Å²) in [6.45, 7) is 3.89. The van der Waals surface area contributed by atoms with Crippen LogP contribution in [0.4, 0.5) is 5.13 Å². The van der Waals surface area contributed by atoms with E-state index in [1.165, 1.54) is 17.7 Å². The highest BCUT2D eigenvalue weighted by Gasteiger charge is 2.14. The zero-order chi connectivity index (χ0) is 14.1. The van der Waals surface area contributed by atoms with Crippen LogP contribution in [0, 0.1) is 13.8 Å². The monoisotopic (exact) mass is 284 g/mol. The maximum Gasteiger partial charge on any atom is 0.276 e. The average Bonchev–Trinajstić information content (AvgIpc) is 2.76. The van der Waals surface area contributed by atoms with Gasteiger partial charge in [-0.15, -0.1) is 11.3 Å². The molecule has 0 aliphatic carbocycles. The highest BCUT2D eigenvalue weighted by Crippen LogP contribution is 2.22. The van der Waals surface area contributed by atoms with Gasteiger partial charge in [-0.3, -0.25) is 10.1 Å². The predicted molar refractivity (Wildman–Crippen MR) is 79.1 cm³/mol. The number of amides is 1. The second-order valence-corrected chi connectivity index (χ2v) is 5.56. The molecule has 0 aliphatic heterocycles. The van der Waals surface area contributed by atoms with Gasteiger partial charge in [0.2, 0.25) is 0 Å². The molecule has 0 spiro atoms. The van der Waals surface area contributed by atoms with Crippen LogP contribution in [0.15, 0.2) is 30.6 Å². The Hall–Kier alpha value is -2.34. The van der Waals surface area contributed by atoms with Crippen LogP contribution in [-0.4, -0.2) is 20.9 Å². The maximum atomic E-state index is 12.3. The average molecular weight is 284 g/mol. The van der Waals surface area contributed by atoms with Crippen molar-refractivity contribution in [3.05, 3.63) is 46.9 Å². The number of carbonyl (C=O) groups excluding carboxylic acids is 1. The summed E-state index contributed by atoms with van der Waals surface area (Å²) in [5, 5.41) is 4.11. The molecule has 6 heteroatoms.